The van der Waals surface area contributed by atoms with Crippen molar-refractivity contribution in [2.75, 3.05) is 53.0 Å². The summed E-state index contributed by atoms with van der Waals surface area (Å²) in [5.74, 6) is -0.230. The van der Waals surface area contributed by atoms with Crippen molar-refractivity contribution in [3.63, 3.8) is 0 Å². The number of hydrogen-bond donors (Lipinski definition) is 0. The van der Waals surface area contributed by atoms with Crippen LogP contribution < -0.4 is 0 Å². The average molecular weight is 304 g/mol. The third kappa shape index (κ3) is 3.48. The Balaban J connectivity index is 1.63. The van der Waals surface area contributed by atoms with Gasteiger partial charge in [-0.25, -0.2) is 4.79 Å². The Morgan fingerprint density at radius 1 is 1.18 bits per heavy atom. The molecule has 0 N–H and O–H groups in total. The van der Waals surface area contributed by atoms with Crippen molar-refractivity contribution >= 4 is 5.97 Å². The van der Waals surface area contributed by atoms with Crippen molar-refractivity contribution in [3.8, 4) is 0 Å². The first-order chi connectivity index (χ1) is 10.8. The van der Waals surface area contributed by atoms with Gasteiger partial charge in [-0.1, -0.05) is 12.1 Å². The first-order valence-corrected chi connectivity index (χ1v) is 7.99. The van der Waals surface area contributed by atoms with E-state index in [9.17, 15) is 4.79 Å². The summed E-state index contributed by atoms with van der Waals surface area (Å²) < 4.78 is 10.3. The van der Waals surface area contributed by atoms with Crippen molar-refractivity contribution in [1.82, 2.24) is 9.80 Å². The van der Waals surface area contributed by atoms with Crippen LogP contribution in [0.4, 0.5) is 0 Å². The van der Waals surface area contributed by atoms with E-state index in [1.54, 1.807) is 0 Å². The lowest BCUT2D eigenvalue weighted by atomic mass is 9.95. The first-order valence-electron chi connectivity index (χ1n) is 7.99. The maximum Gasteiger partial charge on any atom is 0.338 e. The minimum absolute atomic E-state index is 0.230. The molecule has 120 valence electrons. The van der Waals surface area contributed by atoms with Gasteiger partial charge in [0.1, 0.15) is 0 Å². The number of carbonyl (C=O) groups excluding carboxylic acids is 1. The zero-order valence-corrected chi connectivity index (χ0v) is 13.2. The smallest absolute Gasteiger partial charge is 0.338 e. The molecule has 0 radical (unpaired) electrons. The SMILES string of the molecule is COC(=O)c1cccc2c1CN(CCN1CCOCC1)CC2. The molecule has 1 aromatic rings. The predicted molar refractivity (Wildman–Crippen MR) is 84.0 cm³/mol. The van der Waals surface area contributed by atoms with Gasteiger partial charge in [0.05, 0.1) is 25.9 Å². The minimum Gasteiger partial charge on any atom is -0.465 e. The second kappa shape index (κ2) is 7.22. The van der Waals surface area contributed by atoms with Gasteiger partial charge in [0.2, 0.25) is 0 Å². The van der Waals surface area contributed by atoms with Crippen LogP contribution in [0.2, 0.25) is 0 Å². The summed E-state index contributed by atoms with van der Waals surface area (Å²) in [7, 11) is 1.45. The van der Waals surface area contributed by atoms with Crippen molar-refractivity contribution < 1.29 is 14.3 Å². The Kier molecular flexibility index (Phi) is 5.08. The highest BCUT2D eigenvalue weighted by Gasteiger charge is 2.22. The van der Waals surface area contributed by atoms with Crippen LogP contribution in [0.3, 0.4) is 0 Å². The maximum atomic E-state index is 11.9. The lowest BCUT2D eigenvalue weighted by Gasteiger charge is -2.33. The Labute approximate surface area is 131 Å². The fraction of sp³-hybridized carbons (Fsp3) is 0.588. The van der Waals surface area contributed by atoms with E-state index in [0.29, 0.717) is 0 Å². The highest BCUT2D eigenvalue weighted by atomic mass is 16.5. The van der Waals surface area contributed by atoms with E-state index in [4.69, 9.17) is 9.47 Å². The summed E-state index contributed by atoms with van der Waals surface area (Å²) in [4.78, 5) is 16.8. The van der Waals surface area contributed by atoms with Crippen molar-refractivity contribution in [2.24, 2.45) is 0 Å². The van der Waals surface area contributed by atoms with Crippen LogP contribution in [-0.4, -0.2) is 68.8 Å². The molecule has 1 saturated heterocycles. The van der Waals surface area contributed by atoms with E-state index >= 15 is 0 Å². The Morgan fingerprint density at radius 3 is 2.73 bits per heavy atom. The fourth-order valence-electron chi connectivity index (χ4n) is 3.24. The lowest BCUT2D eigenvalue weighted by Crippen LogP contribution is -2.42. The number of benzene rings is 1. The largest absolute Gasteiger partial charge is 0.465 e. The Morgan fingerprint density at radius 2 is 1.95 bits per heavy atom. The summed E-state index contributed by atoms with van der Waals surface area (Å²) in [6.07, 6.45) is 1.00. The van der Waals surface area contributed by atoms with Crippen molar-refractivity contribution in [3.05, 3.63) is 34.9 Å². The molecule has 0 spiro atoms. The Hall–Kier alpha value is -1.43. The molecule has 1 aromatic carbocycles. The van der Waals surface area contributed by atoms with E-state index in [0.717, 1.165) is 70.0 Å². The molecular formula is C17H24N2O3. The molecule has 0 amide bonds. The fourth-order valence-corrected chi connectivity index (χ4v) is 3.24. The number of fused-ring (bicyclic) bond motifs is 1. The molecule has 2 aliphatic rings. The van der Waals surface area contributed by atoms with E-state index in [1.807, 2.05) is 12.1 Å². The molecular weight excluding hydrogens is 280 g/mol. The first kappa shape index (κ1) is 15.5. The highest BCUT2D eigenvalue weighted by Crippen LogP contribution is 2.23. The monoisotopic (exact) mass is 304 g/mol. The molecule has 0 saturated carbocycles. The van der Waals surface area contributed by atoms with Gasteiger partial charge >= 0.3 is 5.97 Å². The molecule has 0 bridgehead atoms. The number of esters is 1. The van der Waals surface area contributed by atoms with Gasteiger partial charge in [-0.2, -0.15) is 0 Å². The molecule has 3 rings (SSSR count). The predicted octanol–water partition coefficient (Wildman–Crippen LogP) is 1.16. The van der Waals surface area contributed by atoms with Crippen LogP contribution in [0, 0.1) is 0 Å². The van der Waals surface area contributed by atoms with Crippen LogP contribution in [0.1, 0.15) is 21.5 Å². The topological polar surface area (TPSA) is 42.0 Å². The second-order valence-corrected chi connectivity index (χ2v) is 5.91. The number of carbonyl (C=O) groups is 1. The van der Waals surface area contributed by atoms with E-state index in [1.165, 1.54) is 12.7 Å². The number of nitrogens with zero attached hydrogens (tertiary/aromatic N) is 2. The van der Waals surface area contributed by atoms with Gasteiger partial charge in [-0.3, -0.25) is 9.80 Å². The van der Waals surface area contributed by atoms with E-state index < -0.39 is 0 Å². The van der Waals surface area contributed by atoms with Crippen LogP contribution in [0.15, 0.2) is 18.2 Å². The molecule has 5 heteroatoms. The van der Waals surface area contributed by atoms with Gasteiger partial charge in [-0.15, -0.1) is 0 Å². The van der Waals surface area contributed by atoms with Crippen LogP contribution in [0.25, 0.3) is 0 Å². The normalized spacial score (nSPS) is 19.7. The number of methoxy groups -OCH3 is 1. The molecule has 2 aliphatic heterocycles. The highest BCUT2D eigenvalue weighted by molar-refractivity contribution is 5.91. The third-order valence-electron chi connectivity index (χ3n) is 4.59. The number of morpholine rings is 1. The summed E-state index contributed by atoms with van der Waals surface area (Å²) in [5, 5.41) is 0. The maximum absolute atomic E-state index is 11.9. The number of rotatable bonds is 4. The zero-order chi connectivity index (χ0) is 15.4. The molecule has 2 heterocycles. The van der Waals surface area contributed by atoms with Gasteiger partial charge in [0.25, 0.3) is 0 Å². The summed E-state index contributed by atoms with van der Waals surface area (Å²) in [6, 6.07) is 5.95. The van der Waals surface area contributed by atoms with Gasteiger partial charge in [-0.05, 0) is 23.6 Å². The zero-order valence-electron chi connectivity index (χ0n) is 13.2. The summed E-state index contributed by atoms with van der Waals surface area (Å²) in [6.45, 7) is 7.74. The molecule has 0 atom stereocenters. The molecule has 22 heavy (non-hydrogen) atoms. The molecule has 0 aliphatic carbocycles. The quantitative estimate of drug-likeness (QED) is 0.781. The van der Waals surface area contributed by atoms with Crippen LogP contribution >= 0.6 is 0 Å². The number of hydrogen-bond acceptors (Lipinski definition) is 5. The summed E-state index contributed by atoms with van der Waals surface area (Å²) in [5.41, 5.74) is 3.14. The van der Waals surface area contributed by atoms with Crippen LogP contribution in [0.5, 0.6) is 0 Å². The van der Waals surface area contributed by atoms with Gasteiger partial charge < -0.3 is 9.47 Å². The van der Waals surface area contributed by atoms with Gasteiger partial charge in [0.15, 0.2) is 0 Å². The third-order valence-corrected chi connectivity index (χ3v) is 4.59. The Bertz CT molecular complexity index is 527. The van der Waals surface area contributed by atoms with Crippen molar-refractivity contribution in [2.45, 2.75) is 13.0 Å². The van der Waals surface area contributed by atoms with E-state index in [2.05, 4.69) is 15.9 Å². The number of ether oxygens (including phenoxy) is 2. The molecule has 5 nitrogen and oxygen atoms in total. The van der Waals surface area contributed by atoms with Crippen LogP contribution in [-0.2, 0) is 22.4 Å². The van der Waals surface area contributed by atoms with Gasteiger partial charge in [0, 0.05) is 39.3 Å². The minimum atomic E-state index is -0.230. The van der Waals surface area contributed by atoms with E-state index in [-0.39, 0.29) is 5.97 Å². The van der Waals surface area contributed by atoms with Crippen molar-refractivity contribution in [1.29, 1.82) is 0 Å². The molecule has 0 aromatic heterocycles. The summed E-state index contributed by atoms with van der Waals surface area (Å²) >= 11 is 0. The standard InChI is InChI=1S/C17H24N2O3/c1-21-17(20)15-4-2-3-14-5-6-19(13-16(14)15)8-7-18-9-11-22-12-10-18/h2-4H,5-13H2,1H3. The second-order valence-electron chi connectivity index (χ2n) is 5.91. The molecule has 1 fully saturated rings. The lowest BCUT2D eigenvalue weighted by molar-refractivity contribution is 0.0326. The molecule has 0 unspecified atom stereocenters. The average Bonchev–Trinajstić information content (AvgIpc) is 2.59.